The second-order valence-electron chi connectivity index (χ2n) is 23.5. The van der Waals surface area contributed by atoms with E-state index in [1.807, 2.05) is 0 Å². The van der Waals surface area contributed by atoms with Crippen LogP contribution < -0.4 is 0 Å². The molecule has 0 aliphatic heterocycles. The Morgan fingerprint density at radius 2 is 0.352 bits per heavy atom. The first-order valence-corrected chi connectivity index (χ1v) is 26.7. The molecule has 0 spiro atoms. The van der Waals surface area contributed by atoms with E-state index in [9.17, 15) is 0 Å². The normalized spacial score (nSPS) is 45.1. The molecule has 0 aromatic rings. The number of rotatable bonds is 8. The van der Waals surface area contributed by atoms with Gasteiger partial charge in [0.15, 0.2) is 0 Å². The average molecular weight is 741 g/mol. The van der Waals surface area contributed by atoms with Gasteiger partial charge in [0.05, 0.1) is 0 Å². The summed E-state index contributed by atoms with van der Waals surface area (Å²) in [7, 11) is 0. The van der Waals surface area contributed by atoms with E-state index in [4.69, 9.17) is 0 Å². The van der Waals surface area contributed by atoms with E-state index in [1.54, 1.807) is 238 Å². The highest BCUT2D eigenvalue weighted by Crippen LogP contribution is 2.59. The molecule has 0 heteroatoms. The van der Waals surface area contributed by atoms with Crippen molar-refractivity contribution in [2.24, 2.45) is 88.3 Å². The van der Waals surface area contributed by atoms with E-state index >= 15 is 0 Å². The van der Waals surface area contributed by atoms with E-state index in [0.717, 1.165) is 88.3 Å². The molecule has 9 fully saturated rings. The lowest BCUT2D eigenvalue weighted by molar-refractivity contribution is -0.0363. The molecule has 0 amide bonds. The Balaban J connectivity index is 0.697. The lowest BCUT2D eigenvalue weighted by Crippen LogP contribution is -2.44. The van der Waals surface area contributed by atoms with Crippen LogP contribution in [0.4, 0.5) is 0 Å². The zero-order valence-electron chi connectivity index (χ0n) is 36.2. The summed E-state index contributed by atoms with van der Waals surface area (Å²) in [5.41, 5.74) is 0.760. The van der Waals surface area contributed by atoms with Gasteiger partial charge in [-0.15, -0.1) is 0 Å². The predicted molar refractivity (Wildman–Crippen MR) is 231 cm³/mol. The molecule has 9 aliphatic carbocycles. The van der Waals surface area contributed by atoms with Gasteiger partial charge in [-0.1, -0.05) is 83.5 Å². The van der Waals surface area contributed by atoms with Gasteiger partial charge in [0.25, 0.3) is 0 Å². The summed E-state index contributed by atoms with van der Waals surface area (Å²) in [6, 6.07) is 0. The maximum atomic E-state index is 1.63. The molecule has 0 heterocycles. The van der Waals surface area contributed by atoms with E-state index < -0.39 is 0 Å². The minimum Gasteiger partial charge on any atom is -0.0533 e. The predicted octanol–water partition coefficient (Wildman–Crippen LogP) is 16.9. The van der Waals surface area contributed by atoms with Crippen LogP contribution in [0.15, 0.2) is 0 Å². The van der Waals surface area contributed by atoms with Gasteiger partial charge < -0.3 is 0 Å². The Labute approximate surface area is 337 Å². The summed E-state index contributed by atoms with van der Waals surface area (Å²) in [5, 5.41) is 0. The highest BCUT2D eigenvalue weighted by atomic mass is 14.5. The van der Waals surface area contributed by atoms with Gasteiger partial charge in [0.2, 0.25) is 0 Å². The molecule has 9 rings (SSSR count). The zero-order valence-corrected chi connectivity index (χ0v) is 36.2. The zero-order chi connectivity index (χ0) is 36.2. The molecule has 0 radical (unpaired) electrons. The highest BCUT2D eigenvalue weighted by molar-refractivity contribution is 4.99. The highest BCUT2D eigenvalue weighted by Gasteiger charge is 2.49. The van der Waals surface area contributed by atoms with Crippen LogP contribution in [0.3, 0.4) is 0 Å². The largest absolute Gasteiger partial charge is 0.0533 e. The van der Waals surface area contributed by atoms with Crippen molar-refractivity contribution in [1.29, 1.82) is 0 Å². The van der Waals surface area contributed by atoms with Crippen LogP contribution in [0.25, 0.3) is 0 Å². The maximum absolute atomic E-state index is 1.63. The molecule has 0 N–H and O–H groups in total. The molecule has 0 aromatic heterocycles. The topological polar surface area (TPSA) is 0 Å². The molecule has 9 saturated carbocycles. The third-order valence-corrected chi connectivity index (χ3v) is 21.5. The Kier molecular flexibility index (Phi) is 13.8. The van der Waals surface area contributed by atoms with Crippen molar-refractivity contribution < 1.29 is 0 Å². The molecular formula is C54H92. The van der Waals surface area contributed by atoms with Gasteiger partial charge in [-0.25, -0.2) is 0 Å². The first-order valence-electron chi connectivity index (χ1n) is 26.7. The Bertz CT molecular complexity index is 973. The second kappa shape index (κ2) is 18.9. The van der Waals surface area contributed by atoms with Crippen molar-refractivity contribution >= 4 is 0 Å². The molecule has 0 nitrogen and oxygen atoms in total. The van der Waals surface area contributed by atoms with Crippen molar-refractivity contribution in [2.45, 2.75) is 250 Å². The van der Waals surface area contributed by atoms with Crippen molar-refractivity contribution in [1.82, 2.24) is 0 Å². The fraction of sp³-hybridized carbons (Fsp3) is 1.00. The smallest absolute Gasteiger partial charge is 0.0241 e. The van der Waals surface area contributed by atoms with E-state index in [0.29, 0.717) is 0 Å². The van der Waals surface area contributed by atoms with Crippen LogP contribution >= 0.6 is 0 Å². The lowest BCUT2D eigenvalue weighted by Gasteiger charge is -2.54. The molecule has 9 aliphatic rings. The van der Waals surface area contributed by atoms with E-state index in [1.165, 1.54) is 12.8 Å². The minimum absolute atomic E-state index is 0.760. The van der Waals surface area contributed by atoms with Crippen LogP contribution in [-0.2, 0) is 0 Å². The van der Waals surface area contributed by atoms with Crippen LogP contribution in [-0.4, -0.2) is 0 Å². The van der Waals surface area contributed by atoms with Gasteiger partial charge in [-0.2, -0.15) is 0 Å². The SMILES string of the molecule is C1CCC(C2CCC(C3CCC(C4CCC(C5(C6CCC(C7CCC(C8CCC(C9CCCCC9)CC8)CC7)CC6)CCCCC5)CC4)CC3)CC2)CC1. The third kappa shape index (κ3) is 9.09. The molecule has 0 aromatic carbocycles. The molecule has 54 heavy (non-hydrogen) atoms. The van der Waals surface area contributed by atoms with Crippen LogP contribution in [0.1, 0.15) is 250 Å². The third-order valence-electron chi connectivity index (χ3n) is 21.5. The number of hydrogen-bond donors (Lipinski definition) is 0. The summed E-state index contributed by atoms with van der Waals surface area (Å²) in [5.74, 6) is 15.5. The summed E-state index contributed by atoms with van der Waals surface area (Å²) in [6.45, 7) is 0. The fourth-order valence-electron chi connectivity index (χ4n) is 18.3. The Morgan fingerprint density at radius 1 is 0.167 bits per heavy atom. The maximum Gasteiger partial charge on any atom is -0.0241 e. The molecule has 0 bridgehead atoms. The van der Waals surface area contributed by atoms with Gasteiger partial charge in [0, 0.05) is 0 Å². The van der Waals surface area contributed by atoms with Crippen molar-refractivity contribution in [3.8, 4) is 0 Å². The Hall–Kier alpha value is 0. The fourth-order valence-corrected chi connectivity index (χ4v) is 18.3. The molecule has 0 atom stereocenters. The van der Waals surface area contributed by atoms with Crippen molar-refractivity contribution in [3.63, 3.8) is 0 Å². The summed E-state index contributed by atoms with van der Waals surface area (Å²) >= 11 is 0. The van der Waals surface area contributed by atoms with Crippen molar-refractivity contribution in [2.75, 3.05) is 0 Å². The van der Waals surface area contributed by atoms with Gasteiger partial charge >= 0.3 is 0 Å². The summed E-state index contributed by atoms with van der Waals surface area (Å²) in [4.78, 5) is 0. The first-order chi connectivity index (χ1) is 26.7. The Morgan fingerprint density at radius 3 is 0.593 bits per heavy atom. The average Bonchev–Trinajstić information content (AvgIpc) is 3.28. The van der Waals surface area contributed by atoms with Crippen LogP contribution in [0.2, 0.25) is 0 Å². The van der Waals surface area contributed by atoms with Gasteiger partial charge in [-0.05, 0) is 255 Å². The second-order valence-corrected chi connectivity index (χ2v) is 23.5. The molecule has 308 valence electrons. The van der Waals surface area contributed by atoms with Crippen molar-refractivity contribution in [3.05, 3.63) is 0 Å². The minimum atomic E-state index is 0.760. The van der Waals surface area contributed by atoms with Crippen LogP contribution in [0, 0.1) is 88.3 Å². The molecule has 0 unspecified atom stereocenters. The number of hydrogen-bond acceptors (Lipinski definition) is 0. The first kappa shape index (κ1) is 39.5. The lowest BCUT2D eigenvalue weighted by atomic mass is 9.51. The van der Waals surface area contributed by atoms with Gasteiger partial charge in [-0.3, -0.25) is 0 Å². The van der Waals surface area contributed by atoms with Crippen LogP contribution in [0.5, 0.6) is 0 Å². The summed E-state index contributed by atoms with van der Waals surface area (Å²) < 4.78 is 0. The van der Waals surface area contributed by atoms with Gasteiger partial charge in [0.1, 0.15) is 0 Å². The summed E-state index contributed by atoms with van der Waals surface area (Å²) in [6.07, 6.45) is 62.2. The molecule has 0 saturated heterocycles. The molecular weight excluding hydrogens is 649 g/mol. The monoisotopic (exact) mass is 741 g/mol. The quantitative estimate of drug-likeness (QED) is 0.232. The standard InChI is InChI=1S/C54H92/c1-4-10-40(11-5-1)42-14-18-44(19-15-42)46-22-26-48(27-23-46)50-30-34-52(35-31-50)54(38-8-3-9-39-54)53-36-32-51(33-37-53)49-28-24-47(25-29-49)45-20-16-43(17-21-45)41-12-6-2-7-13-41/h40-53H,1-39H2. The van der Waals surface area contributed by atoms with E-state index in [-0.39, 0.29) is 0 Å². The van der Waals surface area contributed by atoms with E-state index in [2.05, 4.69) is 0 Å².